The summed E-state index contributed by atoms with van der Waals surface area (Å²) in [7, 11) is 0. The second kappa shape index (κ2) is 5.70. The molecule has 5 rings (SSSR count). The smallest absolute Gasteiger partial charge is 0.129 e. The first-order chi connectivity index (χ1) is 12.8. The average molecular weight is 337 g/mol. The molecule has 0 fully saturated rings. The molecule has 0 saturated carbocycles. The van der Waals surface area contributed by atoms with Gasteiger partial charge in [0.2, 0.25) is 0 Å². The van der Waals surface area contributed by atoms with Gasteiger partial charge in [0.1, 0.15) is 5.75 Å². The van der Waals surface area contributed by atoms with Crippen molar-refractivity contribution in [1.29, 1.82) is 0 Å². The predicted molar refractivity (Wildman–Crippen MR) is 109 cm³/mol. The van der Waals surface area contributed by atoms with E-state index in [0.29, 0.717) is 0 Å². The zero-order chi connectivity index (χ0) is 17.7. The van der Waals surface area contributed by atoms with Crippen LogP contribution in [0.2, 0.25) is 0 Å². The molecule has 2 nitrogen and oxygen atoms in total. The highest BCUT2D eigenvalue weighted by Crippen LogP contribution is 2.42. The summed E-state index contributed by atoms with van der Waals surface area (Å²) in [4.78, 5) is 4.76. The Morgan fingerprint density at radius 2 is 2.00 bits per heavy atom. The lowest BCUT2D eigenvalue weighted by Gasteiger charge is -2.21. The van der Waals surface area contributed by atoms with E-state index in [9.17, 15) is 0 Å². The molecule has 0 amide bonds. The summed E-state index contributed by atoms with van der Waals surface area (Å²) in [5, 5.41) is 3.62. The average Bonchev–Trinajstić information content (AvgIpc) is 2.68. The van der Waals surface area contributed by atoms with Crippen LogP contribution in [-0.4, -0.2) is 11.6 Å². The molecule has 2 heterocycles. The predicted octanol–water partition coefficient (Wildman–Crippen LogP) is 5.94. The van der Waals surface area contributed by atoms with Crippen LogP contribution in [0.3, 0.4) is 0 Å². The van der Waals surface area contributed by atoms with E-state index in [1.54, 1.807) is 0 Å². The van der Waals surface area contributed by atoms with Crippen LogP contribution in [0, 0.1) is 6.92 Å². The monoisotopic (exact) mass is 337 g/mol. The third kappa shape index (κ3) is 2.08. The van der Waals surface area contributed by atoms with Crippen LogP contribution in [-0.2, 0) is 6.42 Å². The van der Waals surface area contributed by atoms with Gasteiger partial charge in [-0.05, 0) is 58.1 Å². The molecule has 1 aromatic heterocycles. The van der Waals surface area contributed by atoms with Gasteiger partial charge in [-0.3, -0.25) is 4.98 Å². The van der Waals surface area contributed by atoms with Crippen LogP contribution in [0.25, 0.3) is 38.9 Å². The maximum Gasteiger partial charge on any atom is 0.129 e. The van der Waals surface area contributed by atoms with E-state index < -0.39 is 0 Å². The van der Waals surface area contributed by atoms with Gasteiger partial charge in [-0.2, -0.15) is 0 Å². The van der Waals surface area contributed by atoms with Gasteiger partial charge in [-0.15, -0.1) is 0 Å². The normalized spacial score (nSPS) is 13.0. The highest BCUT2D eigenvalue weighted by molar-refractivity contribution is 6.09. The minimum Gasteiger partial charge on any atom is -0.493 e. The Hall–Kier alpha value is -3.13. The maximum absolute atomic E-state index is 5.89. The van der Waals surface area contributed by atoms with Crippen molar-refractivity contribution < 1.29 is 4.74 Å². The van der Waals surface area contributed by atoms with Crippen molar-refractivity contribution in [2.75, 3.05) is 6.61 Å². The summed E-state index contributed by atoms with van der Waals surface area (Å²) in [5.74, 6) is 0.940. The quantitative estimate of drug-likeness (QED) is 0.451. The fourth-order valence-electron chi connectivity index (χ4n) is 4.16. The molecule has 0 atom stereocenters. The molecule has 4 aromatic rings. The Kier molecular flexibility index (Phi) is 3.32. The molecular weight excluding hydrogens is 318 g/mol. The topological polar surface area (TPSA) is 22.1 Å². The van der Waals surface area contributed by atoms with Gasteiger partial charge in [0.25, 0.3) is 0 Å². The lowest BCUT2D eigenvalue weighted by molar-refractivity contribution is 0.318. The number of aryl methyl sites for hydroxylation is 1. The van der Waals surface area contributed by atoms with Crippen LogP contribution < -0.4 is 4.74 Å². The van der Waals surface area contributed by atoms with Crippen molar-refractivity contribution in [2.45, 2.75) is 13.3 Å². The fourth-order valence-corrected chi connectivity index (χ4v) is 4.16. The van der Waals surface area contributed by atoms with E-state index in [2.05, 4.69) is 62.0 Å². The number of aromatic nitrogens is 1. The molecule has 2 heteroatoms. The fraction of sp³-hybridized carbons (Fsp3) is 0.125. The van der Waals surface area contributed by atoms with Crippen molar-refractivity contribution in [3.63, 3.8) is 0 Å². The lowest BCUT2D eigenvalue weighted by atomic mass is 9.88. The third-order valence-electron chi connectivity index (χ3n) is 5.34. The van der Waals surface area contributed by atoms with Crippen molar-refractivity contribution in [3.8, 4) is 16.9 Å². The largest absolute Gasteiger partial charge is 0.493 e. The van der Waals surface area contributed by atoms with E-state index in [4.69, 9.17) is 9.72 Å². The van der Waals surface area contributed by atoms with E-state index in [0.717, 1.165) is 35.2 Å². The Bertz CT molecular complexity index is 1180. The molecule has 0 saturated heterocycles. The number of ether oxygens (including phenoxy) is 1. The molecule has 0 bridgehead atoms. The molecule has 26 heavy (non-hydrogen) atoms. The Morgan fingerprint density at radius 1 is 1.12 bits per heavy atom. The minimum absolute atomic E-state index is 0.733. The first-order valence-corrected chi connectivity index (χ1v) is 8.96. The van der Waals surface area contributed by atoms with E-state index >= 15 is 0 Å². The minimum atomic E-state index is 0.733. The summed E-state index contributed by atoms with van der Waals surface area (Å²) in [6, 6.07) is 17.1. The molecule has 0 unspecified atom stereocenters. The van der Waals surface area contributed by atoms with Gasteiger partial charge in [0.15, 0.2) is 0 Å². The van der Waals surface area contributed by atoms with E-state index in [-0.39, 0.29) is 0 Å². The van der Waals surface area contributed by atoms with Gasteiger partial charge in [0.05, 0.1) is 12.1 Å². The second-order valence-corrected chi connectivity index (χ2v) is 6.81. The van der Waals surface area contributed by atoms with Crippen LogP contribution in [0.15, 0.2) is 61.3 Å². The van der Waals surface area contributed by atoms with Crippen molar-refractivity contribution >= 4 is 27.8 Å². The molecular formula is C24H19NO. The van der Waals surface area contributed by atoms with Gasteiger partial charge < -0.3 is 4.74 Å². The number of benzene rings is 3. The van der Waals surface area contributed by atoms with Crippen molar-refractivity contribution in [2.24, 2.45) is 0 Å². The molecule has 1 aliphatic rings. The standard InChI is InChI=1S/C24H19NO/c1-3-18-15(2)14-17-6-4-5-7-19(17)23(18)20-8-9-21-22-16(11-13-26-21)10-12-25-24(20)22/h3-10,12,14H,1,11,13H2,2H3. The van der Waals surface area contributed by atoms with E-state index in [1.807, 2.05) is 12.3 Å². The summed E-state index contributed by atoms with van der Waals surface area (Å²) in [5.41, 5.74) is 7.07. The Labute approximate surface area is 152 Å². The molecule has 3 aromatic carbocycles. The second-order valence-electron chi connectivity index (χ2n) is 6.81. The summed E-state index contributed by atoms with van der Waals surface area (Å²) >= 11 is 0. The molecule has 0 radical (unpaired) electrons. The zero-order valence-corrected chi connectivity index (χ0v) is 14.8. The first-order valence-electron chi connectivity index (χ1n) is 8.96. The van der Waals surface area contributed by atoms with Crippen LogP contribution >= 0.6 is 0 Å². The molecule has 1 aliphatic heterocycles. The number of rotatable bonds is 2. The maximum atomic E-state index is 5.89. The van der Waals surface area contributed by atoms with Crippen LogP contribution in [0.5, 0.6) is 5.75 Å². The Morgan fingerprint density at radius 3 is 2.88 bits per heavy atom. The van der Waals surface area contributed by atoms with E-state index in [1.165, 1.54) is 33.0 Å². The number of pyridine rings is 1. The van der Waals surface area contributed by atoms with Crippen LogP contribution in [0.1, 0.15) is 16.7 Å². The van der Waals surface area contributed by atoms with Crippen molar-refractivity contribution in [3.05, 3.63) is 78.0 Å². The van der Waals surface area contributed by atoms with Crippen LogP contribution in [0.4, 0.5) is 0 Å². The Balaban J connectivity index is 1.96. The SMILES string of the molecule is C=Cc1c(C)cc2ccccc2c1-c1ccc2c3c(ccnc13)CCO2. The van der Waals surface area contributed by atoms with Gasteiger partial charge in [0, 0.05) is 23.6 Å². The summed E-state index contributed by atoms with van der Waals surface area (Å²) < 4.78 is 5.89. The third-order valence-corrected chi connectivity index (χ3v) is 5.34. The number of nitrogens with zero attached hydrogens (tertiary/aromatic N) is 1. The molecule has 0 N–H and O–H groups in total. The molecule has 0 spiro atoms. The summed E-state index contributed by atoms with van der Waals surface area (Å²) in [6.45, 7) is 6.96. The highest BCUT2D eigenvalue weighted by Gasteiger charge is 2.20. The highest BCUT2D eigenvalue weighted by atomic mass is 16.5. The van der Waals surface area contributed by atoms with Gasteiger partial charge in [-0.1, -0.05) is 43.0 Å². The van der Waals surface area contributed by atoms with Gasteiger partial charge in [-0.25, -0.2) is 0 Å². The lowest BCUT2D eigenvalue weighted by Crippen LogP contribution is -2.09. The number of fused-ring (bicyclic) bond motifs is 1. The molecule has 126 valence electrons. The van der Waals surface area contributed by atoms with Gasteiger partial charge >= 0.3 is 0 Å². The molecule has 0 aliphatic carbocycles. The zero-order valence-electron chi connectivity index (χ0n) is 14.8. The first kappa shape index (κ1) is 15.2. The number of hydrogen-bond donors (Lipinski definition) is 0. The van der Waals surface area contributed by atoms with Crippen molar-refractivity contribution in [1.82, 2.24) is 4.98 Å². The summed E-state index contributed by atoms with van der Waals surface area (Å²) in [6.07, 6.45) is 4.81. The number of hydrogen-bond acceptors (Lipinski definition) is 2.